The van der Waals surface area contributed by atoms with Crippen molar-refractivity contribution in [2.24, 2.45) is 0 Å². The fraction of sp³-hybridized carbons (Fsp3) is 0. The molecule has 0 spiro atoms. The number of fused-ring (bicyclic) bond motifs is 1. The zero-order valence-corrected chi connectivity index (χ0v) is 9.91. The summed E-state index contributed by atoms with van der Waals surface area (Å²) in [5.41, 5.74) is 0.835. The minimum Gasteiger partial charge on any atom is -0.768 e. The lowest BCUT2D eigenvalue weighted by Gasteiger charge is -2.06. The van der Waals surface area contributed by atoms with Crippen molar-refractivity contribution in [3.63, 3.8) is 0 Å². The first kappa shape index (κ1) is 10.0. The summed E-state index contributed by atoms with van der Waals surface area (Å²) in [6.45, 7) is 0. The summed E-state index contributed by atoms with van der Waals surface area (Å²) in [6, 6.07) is 7.28. The molecule has 0 N–H and O–H groups in total. The number of pyridine rings is 1. The summed E-state index contributed by atoms with van der Waals surface area (Å²) in [4.78, 5) is 4.32. The second-order valence-corrected chi connectivity index (χ2v) is 4.82. The van der Waals surface area contributed by atoms with Crippen molar-refractivity contribution in [2.75, 3.05) is 0 Å². The Balaban J connectivity index is 2.73. The molecule has 1 unspecified atom stereocenters. The average Bonchev–Trinajstić information content (AvgIpc) is 2.17. The van der Waals surface area contributed by atoms with Gasteiger partial charge in [0, 0.05) is 20.0 Å². The number of nitrogens with zero attached hydrogens (tertiary/aromatic N) is 1. The molecule has 14 heavy (non-hydrogen) atoms. The van der Waals surface area contributed by atoms with Crippen LogP contribution < -0.4 is 0 Å². The lowest BCUT2D eigenvalue weighted by atomic mass is 10.2. The molecule has 0 fully saturated rings. The van der Waals surface area contributed by atoms with Crippen molar-refractivity contribution in [1.29, 1.82) is 0 Å². The van der Waals surface area contributed by atoms with Crippen molar-refractivity contribution in [3.05, 3.63) is 34.0 Å². The molecule has 0 aliphatic heterocycles. The Kier molecular flexibility index (Phi) is 2.80. The molecule has 2 aromatic rings. The lowest BCUT2D eigenvalue weighted by Crippen LogP contribution is -1.91. The fourth-order valence-electron chi connectivity index (χ4n) is 1.19. The largest absolute Gasteiger partial charge is 0.768 e. The third-order valence-electron chi connectivity index (χ3n) is 1.83. The Morgan fingerprint density at radius 1 is 1.43 bits per heavy atom. The SMILES string of the molecule is O=S([O-])c1cnc2c(I)cccc2c1. The number of rotatable bonds is 1. The first-order valence-electron chi connectivity index (χ1n) is 3.82. The normalized spacial score (nSPS) is 13.0. The third-order valence-corrected chi connectivity index (χ3v) is 3.31. The van der Waals surface area contributed by atoms with Gasteiger partial charge in [-0.1, -0.05) is 12.1 Å². The van der Waals surface area contributed by atoms with E-state index in [-0.39, 0.29) is 4.90 Å². The Bertz CT molecular complexity index is 515. The van der Waals surface area contributed by atoms with Crippen molar-refractivity contribution in [2.45, 2.75) is 4.90 Å². The average molecular weight is 318 g/mol. The van der Waals surface area contributed by atoms with Gasteiger partial charge in [0.15, 0.2) is 0 Å². The Morgan fingerprint density at radius 2 is 2.21 bits per heavy atom. The summed E-state index contributed by atoms with van der Waals surface area (Å²) >= 11 is -0.0359. The summed E-state index contributed by atoms with van der Waals surface area (Å²) in [5, 5.41) is 0.846. The van der Waals surface area contributed by atoms with Crippen LogP contribution in [0.1, 0.15) is 0 Å². The van der Waals surface area contributed by atoms with Gasteiger partial charge in [0.25, 0.3) is 0 Å². The minimum atomic E-state index is -2.21. The monoisotopic (exact) mass is 318 g/mol. The zero-order chi connectivity index (χ0) is 10.1. The molecule has 5 heteroatoms. The maximum atomic E-state index is 10.7. The fourth-order valence-corrected chi connectivity index (χ4v) is 2.21. The highest BCUT2D eigenvalue weighted by molar-refractivity contribution is 14.1. The molecule has 2 rings (SSSR count). The van der Waals surface area contributed by atoms with Gasteiger partial charge in [-0.15, -0.1) is 0 Å². The molecule has 0 saturated carbocycles. The van der Waals surface area contributed by atoms with E-state index < -0.39 is 11.1 Å². The highest BCUT2D eigenvalue weighted by atomic mass is 127. The van der Waals surface area contributed by atoms with Crippen LogP contribution in [0.25, 0.3) is 10.9 Å². The summed E-state index contributed by atoms with van der Waals surface area (Å²) in [6.07, 6.45) is 1.37. The van der Waals surface area contributed by atoms with Gasteiger partial charge < -0.3 is 4.55 Å². The standard InChI is InChI=1S/C9H6INO2S/c10-8-3-1-2-6-4-7(14(12)13)5-11-9(6)8/h1-5H,(H,12,13)/p-1. The van der Waals surface area contributed by atoms with E-state index in [1.165, 1.54) is 6.20 Å². The molecule has 0 aliphatic rings. The van der Waals surface area contributed by atoms with E-state index in [1.54, 1.807) is 6.07 Å². The molecule has 0 amide bonds. The Morgan fingerprint density at radius 3 is 2.93 bits per heavy atom. The number of para-hydroxylation sites is 1. The lowest BCUT2D eigenvalue weighted by molar-refractivity contribution is 0.537. The van der Waals surface area contributed by atoms with Gasteiger partial charge in [-0.25, -0.2) is 0 Å². The molecule has 72 valence electrons. The van der Waals surface area contributed by atoms with Gasteiger partial charge in [0.1, 0.15) is 0 Å². The number of hydrogen-bond acceptors (Lipinski definition) is 3. The Hall–Kier alpha value is -0.530. The first-order valence-corrected chi connectivity index (χ1v) is 5.97. The van der Waals surface area contributed by atoms with Crippen LogP contribution in [0, 0.1) is 3.57 Å². The van der Waals surface area contributed by atoms with E-state index in [4.69, 9.17) is 0 Å². The van der Waals surface area contributed by atoms with E-state index >= 15 is 0 Å². The quantitative estimate of drug-likeness (QED) is 0.597. The zero-order valence-electron chi connectivity index (χ0n) is 6.94. The Labute approximate surface area is 97.0 Å². The number of benzene rings is 1. The van der Waals surface area contributed by atoms with Crippen LogP contribution in [0.4, 0.5) is 0 Å². The molecule has 0 bridgehead atoms. The molecule has 1 heterocycles. The van der Waals surface area contributed by atoms with Gasteiger partial charge >= 0.3 is 0 Å². The van der Waals surface area contributed by atoms with Gasteiger partial charge in [-0.05, 0) is 45.8 Å². The van der Waals surface area contributed by atoms with E-state index in [2.05, 4.69) is 27.6 Å². The second kappa shape index (κ2) is 3.92. The van der Waals surface area contributed by atoms with Crippen molar-refractivity contribution < 1.29 is 8.76 Å². The number of aromatic nitrogens is 1. The van der Waals surface area contributed by atoms with E-state index in [9.17, 15) is 8.76 Å². The van der Waals surface area contributed by atoms with Gasteiger partial charge in [-0.3, -0.25) is 9.19 Å². The van der Waals surface area contributed by atoms with E-state index in [0.717, 1.165) is 14.5 Å². The van der Waals surface area contributed by atoms with Gasteiger partial charge in [0.05, 0.1) is 5.52 Å². The molecule has 1 atom stereocenters. The molecular formula is C9H5INO2S-. The molecule has 0 aliphatic carbocycles. The van der Waals surface area contributed by atoms with Crippen LogP contribution in [-0.4, -0.2) is 13.7 Å². The van der Waals surface area contributed by atoms with Crippen molar-refractivity contribution in [1.82, 2.24) is 4.98 Å². The van der Waals surface area contributed by atoms with E-state index in [1.807, 2.05) is 18.2 Å². The van der Waals surface area contributed by atoms with E-state index in [0.29, 0.717) is 0 Å². The smallest absolute Gasteiger partial charge is 0.0836 e. The predicted molar refractivity (Wildman–Crippen MR) is 61.6 cm³/mol. The molecule has 0 saturated heterocycles. The maximum absolute atomic E-state index is 10.7. The maximum Gasteiger partial charge on any atom is 0.0836 e. The highest BCUT2D eigenvalue weighted by Crippen LogP contribution is 2.19. The molecule has 3 nitrogen and oxygen atoms in total. The number of hydrogen-bond donors (Lipinski definition) is 0. The first-order chi connectivity index (χ1) is 6.68. The highest BCUT2D eigenvalue weighted by Gasteiger charge is 2.00. The number of halogens is 1. The van der Waals surface area contributed by atoms with Crippen LogP contribution in [0.15, 0.2) is 35.4 Å². The van der Waals surface area contributed by atoms with Crippen LogP contribution in [0.5, 0.6) is 0 Å². The van der Waals surface area contributed by atoms with Crippen LogP contribution in [0.2, 0.25) is 0 Å². The predicted octanol–water partition coefficient (Wildman–Crippen LogP) is 2.08. The van der Waals surface area contributed by atoms with Gasteiger partial charge in [0.2, 0.25) is 0 Å². The minimum absolute atomic E-state index is 0.222. The topological polar surface area (TPSA) is 53.0 Å². The second-order valence-electron chi connectivity index (χ2n) is 2.72. The summed E-state index contributed by atoms with van der Waals surface area (Å²) in [7, 11) is 0. The summed E-state index contributed by atoms with van der Waals surface area (Å²) in [5.74, 6) is 0. The van der Waals surface area contributed by atoms with Crippen molar-refractivity contribution in [3.8, 4) is 0 Å². The van der Waals surface area contributed by atoms with Crippen LogP contribution in [0.3, 0.4) is 0 Å². The van der Waals surface area contributed by atoms with Crippen molar-refractivity contribution >= 4 is 44.6 Å². The van der Waals surface area contributed by atoms with Crippen LogP contribution in [-0.2, 0) is 11.1 Å². The molecular weight excluding hydrogens is 313 g/mol. The molecule has 1 aromatic carbocycles. The molecule has 1 aromatic heterocycles. The molecule has 0 radical (unpaired) electrons. The van der Waals surface area contributed by atoms with Crippen LogP contribution >= 0.6 is 22.6 Å². The van der Waals surface area contributed by atoms with Gasteiger partial charge in [-0.2, -0.15) is 0 Å². The summed E-state index contributed by atoms with van der Waals surface area (Å²) < 4.78 is 22.4. The third kappa shape index (κ3) is 1.79.